The molecule has 3 amide bonds. The number of hydrogen-bond donors (Lipinski definition) is 4. The van der Waals surface area contributed by atoms with Gasteiger partial charge in [-0.3, -0.25) is 14.4 Å². The monoisotopic (exact) mass is 617 g/mol. The molecule has 0 aromatic heterocycles. The maximum Gasteiger partial charge on any atom is 0.255 e. The van der Waals surface area contributed by atoms with Gasteiger partial charge in [-0.05, 0) is 55.7 Å². The Morgan fingerprint density at radius 2 is 1.73 bits per heavy atom. The van der Waals surface area contributed by atoms with Gasteiger partial charge in [-0.25, -0.2) is 21.6 Å². The summed E-state index contributed by atoms with van der Waals surface area (Å²) in [7, 11) is -4.44. The smallest absolute Gasteiger partial charge is 0.255 e. The molecule has 2 aromatic rings. The van der Waals surface area contributed by atoms with Crippen molar-refractivity contribution in [3.05, 3.63) is 58.4 Å². The molecule has 3 aliphatic carbocycles. The first-order valence-corrected chi connectivity index (χ1v) is 15.3. The molecule has 40 heavy (non-hydrogen) atoms. The molecular weight excluding hydrogens is 594 g/mol. The van der Waals surface area contributed by atoms with E-state index in [-0.39, 0.29) is 61.0 Å². The molecular formula is C25H24ClF3N3O6PS. The lowest BCUT2D eigenvalue weighted by molar-refractivity contribution is -0.125. The summed E-state index contributed by atoms with van der Waals surface area (Å²) in [4.78, 5) is 36.1. The van der Waals surface area contributed by atoms with Crippen LogP contribution in [0.5, 0.6) is 0 Å². The number of halogens is 4. The first-order chi connectivity index (χ1) is 18.8. The van der Waals surface area contributed by atoms with Crippen molar-refractivity contribution in [2.75, 3.05) is 5.32 Å². The number of anilines is 1. The van der Waals surface area contributed by atoms with Gasteiger partial charge in [0.1, 0.15) is 11.4 Å². The number of sulfone groups is 1. The second-order valence-electron chi connectivity index (χ2n) is 10.2. The second kappa shape index (κ2) is 10.6. The average molecular weight is 618 g/mol. The van der Waals surface area contributed by atoms with Crippen LogP contribution >= 0.6 is 20.3 Å². The molecule has 3 saturated carbocycles. The minimum Gasteiger partial charge on any atom is -0.383 e. The number of rotatable bonds is 7. The summed E-state index contributed by atoms with van der Waals surface area (Å²) in [6.07, 6.45) is 1.44. The molecule has 2 bridgehead atoms. The zero-order valence-corrected chi connectivity index (χ0v) is 23.2. The van der Waals surface area contributed by atoms with Gasteiger partial charge < -0.3 is 20.8 Å². The van der Waals surface area contributed by atoms with Crippen molar-refractivity contribution in [3.8, 4) is 0 Å². The molecule has 6 rings (SSSR count). The van der Waals surface area contributed by atoms with Crippen LogP contribution in [0.4, 0.5) is 18.9 Å². The number of fused-ring (bicyclic) bond motifs is 2. The van der Waals surface area contributed by atoms with E-state index in [0.717, 1.165) is 6.07 Å². The van der Waals surface area contributed by atoms with Crippen molar-refractivity contribution >= 4 is 53.6 Å². The third-order valence-electron chi connectivity index (χ3n) is 7.79. The molecule has 2 aromatic carbocycles. The standard InChI is InChI=1S/C25H24ClF3N3O6PS/c26-16-2-1-11(23(34)30-14-9-17(27)22(29)18(28)10-14)5-20(16)40(37,38)15-7-12-6-13(8-15)25(12,36)39-32-24(35)19-3-4-21(33)31-19/h1-2,5,9-10,12-13,15,19,36,39H,3-4,6-8H2,(H,30,34)(H,31,33)(H,32,35)/t12?,13?,15-,19-,25+/m0/s1. The van der Waals surface area contributed by atoms with Crippen LogP contribution < -0.4 is 15.7 Å². The fraction of sp³-hybridized carbons (Fsp3) is 0.400. The van der Waals surface area contributed by atoms with Crippen molar-refractivity contribution < 1.29 is 41.1 Å². The van der Waals surface area contributed by atoms with Crippen LogP contribution in [0, 0.1) is 29.3 Å². The highest BCUT2D eigenvalue weighted by Crippen LogP contribution is 2.61. The molecule has 214 valence electrons. The fourth-order valence-electron chi connectivity index (χ4n) is 5.55. The minimum atomic E-state index is -4.07. The highest BCUT2D eigenvalue weighted by molar-refractivity contribution is 7.92. The number of amides is 3. The van der Waals surface area contributed by atoms with E-state index in [9.17, 15) is 41.1 Å². The van der Waals surface area contributed by atoms with Gasteiger partial charge in [0.15, 0.2) is 27.3 Å². The minimum absolute atomic E-state index is 0.110. The van der Waals surface area contributed by atoms with Gasteiger partial charge in [0, 0.05) is 38.5 Å². The van der Waals surface area contributed by atoms with Crippen LogP contribution in [0.2, 0.25) is 5.02 Å². The zero-order valence-electron chi connectivity index (χ0n) is 20.6. The first-order valence-electron chi connectivity index (χ1n) is 12.4. The predicted octanol–water partition coefficient (Wildman–Crippen LogP) is 3.26. The Morgan fingerprint density at radius 1 is 1.07 bits per heavy atom. The molecule has 9 nitrogen and oxygen atoms in total. The van der Waals surface area contributed by atoms with E-state index in [2.05, 4.69) is 15.7 Å². The normalized spacial score (nSPS) is 27.8. The summed E-state index contributed by atoms with van der Waals surface area (Å²) in [6.45, 7) is 0. The van der Waals surface area contributed by atoms with E-state index < -0.39 is 61.7 Å². The number of hydrogen-bond acceptors (Lipinski definition) is 6. The molecule has 4 atom stereocenters. The summed E-state index contributed by atoms with van der Waals surface area (Å²) in [5, 5.41) is 16.4. The van der Waals surface area contributed by atoms with E-state index in [1.807, 2.05) is 0 Å². The second-order valence-corrected chi connectivity index (χ2v) is 14.1. The van der Waals surface area contributed by atoms with E-state index >= 15 is 0 Å². The topological polar surface area (TPSA) is 142 Å². The molecule has 1 aliphatic heterocycles. The summed E-state index contributed by atoms with van der Waals surface area (Å²) >= 11 is 6.21. The highest BCUT2D eigenvalue weighted by Gasteiger charge is 2.60. The molecule has 15 heteroatoms. The van der Waals surface area contributed by atoms with E-state index in [4.69, 9.17) is 11.6 Å². The Bertz CT molecular complexity index is 1490. The van der Waals surface area contributed by atoms with Crippen LogP contribution in [-0.2, 0) is 19.4 Å². The Balaban J connectivity index is 1.27. The van der Waals surface area contributed by atoms with Crippen LogP contribution in [0.1, 0.15) is 42.5 Å². The van der Waals surface area contributed by atoms with Gasteiger partial charge in [-0.15, -0.1) is 0 Å². The van der Waals surface area contributed by atoms with Gasteiger partial charge in [-0.1, -0.05) is 11.6 Å². The summed E-state index contributed by atoms with van der Waals surface area (Å²) in [5.74, 6) is -6.98. The van der Waals surface area contributed by atoms with Crippen LogP contribution in [0.25, 0.3) is 0 Å². The Kier molecular flexibility index (Phi) is 7.62. The number of carbonyl (C=O) groups excluding carboxylic acids is 3. The molecule has 1 heterocycles. The van der Waals surface area contributed by atoms with Crippen molar-refractivity contribution in [1.29, 1.82) is 0 Å². The highest BCUT2D eigenvalue weighted by atomic mass is 35.5. The number of benzene rings is 2. The number of carbonyl (C=O) groups is 3. The number of aliphatic hydroxyl groups is 1. The maximum atomic E-state index is 13.6. The van der Waals surface area contributed by atoms with Gasteiger partial charge in [0.05, 0.1) is 15.2 Å². The quantitative estimate of drug-likeness (QED) is 0.278. The summed E-state index contributed by atoms with van der Waals surface area (Å²) < 4.78 is 67.4. The van der Waals surface area contributed by atoms with E-state index in [1.54, 1.807) is 0 Å². The Morgan fingerprint density at radius 3 is 2.33 bits per heavy atom. The molecule has 4 aliphatic rings. The Labute approximate surface area is 234 Å². The molecule has 4 fully saturated rings. The fourth-order valence-corrected chi connectivity index (χ4v) is 9.33. The van der Waals surface area contributed by atoms with Crippen molar-refractivity contribution in [2.45, 2.75) is 53.6 Å². The SMILES string of the molecule is O=C1CC[C@@H](C(=O)NP[C@]2(O)C3CC2C[C@@H](S(=O)(=O)c2cc(C(=O)Nc4cc(F)c(F)c(F)c4)ccc2Cl)C3)N1. The third-order valence-corrected chi connectivity index (χ3v) is 12.0. The molecule has 1 saturated heterocycles. The van der Waals surface area contributed by atoms with Gasteiger partial charge in [0.2, 0.25) is 11.8 Å². The lowest BCUT2D eigenvalue weighted by Crippen LogP contribution is -2.60. The summed E-state index contributed by atoms with van der Waals surface area (Å²) in [6, 6.07) is 4.05. The third kappa shape index (κ3) is 5.20. The van der Waals surface area contributed by atoms with Gasteiger partial charge >= 0.3 is 0 Å². The predicted molar refractivity (Wildman–Crippen MR) is 140 cm³/mol. The van der Waals surface area contributed by atoms with Crippen molar-refractivity contribution in [1.82, 2.24) is 10.4 Å². The molecule has 0 spiro atoms. The van der Waals surface area contributed by atoms with Crippen molar-refractivity contribution in [3.63, 3.8) is 0 Å². The van der Waals surface area contributed by atoms with Crippen LogP contribution in [-0.4, -0.2) is 47.9 Å². The van der Waals surface area contributed by atoms with Crippen molar-refractivity contribution in [2.24, 2.45) is 11.8 Å². The van der Waals surface area contributed by atoms with E-state index in [1.165, 1.54) is 12.1 Å². The zero-order chi connectivity index (χ0) is 29.0. The van der Waals surface area contributed by atoms with Crippen LogP contribution in [0.3, 0.4) is 0 Å². The average Bonchev–Trinajstić information content (AvgIpc) is 3.36. The molecule has 0 radical (unpaired) electrons. The summed E-state index contributed by atoms with van der Waals surface area (Å²) in [5.41, 5.74) is -0.524. The lowest BCUT2D eigenvalue weighted by Gasteiger charge is -2.58. The first kappa shape index (κ1) is 28.8. The molecule has 4 N–H and O–H groups in total. The largest absolute Gasteiger partial charge is 0.383 e. The van der Waals surface area contributed by atoms with Crippen LogP contribution in [0.15, 0.2) is 35.2 Å². The molecule has 3 unspecified atom stereocenters. The van der Waals surface area contributed by atoms with Gasteiger partial charge in [-0.2, -0.15) is 0 Å². The van der Waals surface area contributed by atoms with E-state index in [0.29, 0.717) is 25.0 Å². The number of nitrogens with one attached hydrogen (secondary N) is 3. The van der Waals surface area contributed by atoms with Gasteiger partial charge in [0.25, 0.3) is 5.91 Å². The Hall–Kier alpha value is -2.73. The maximum absolute atomic E-state index is 13.6. The lowest BCUT2D eigenvalue weighted by atomic mass is 9.62.